The molecule has 0 radical (unpaired) electrons. The number of hydrogen-bond donors (Lipinski definition) is 1. The summed E-state index contributed by atoms with van der Waals surface area (Å²) in [4.78, 5) is 2.44. The Morgan fingerprint density at radius 3 is 2.61 bits per heavy atom. The highest BCUT2D eigenvalue weighted by atomic mass is 16.5. The van der Waals surface area contributed by atoms with Crippen LogP contribution in [0.4, 0.5) is 0 Å². The Hall–Kier alpha value is -0.120. The van der Waals surface area contributed by atoms with Crippen molar-refractivity contribution in [2.24, 2.45) is 23.7 Å². The first-order chi connectivity index (χ1) is 8.72. The van der Waals surface area contributed by atoms with E-state index in [1.54, 1.807) is 0 Å². The molecule has 3 rings (SSSR count). The number of hydrogen-bond acceptors (Lipinski definition) is 3. The molecule has 1 heterocycles. The highest BCUT2D eigenvalue weighted by molar-refractivity contribution is 4.91. The van der Waals surface area contributed by atoms with E-state index in [-0.39, 0.29) is 6.10 Å². The molecule has 3 heteroatoms. The Kier molecular flexibility index (Phi) is 3.92. The minimum atomic E-state index is -0.152. The lowest BCUT2D eigenvalue weighted by molar-refractivity contribution is -0.0459. The molecule has 2 bridgehead atoms. The fourth-order valence-electron chi connectivity index (χ4n) is 4.44. The molecular weight excluding hydrogens is 226 g/mol. The topological polar surface area (TPSA) is 32.7 Å². The van der Waals surface area contributed by atoms with Crippen molar-refractivity contribution in [3.05, 3.63) is 0 Å². The third-order valence-corrected chi connectivity index (χ3v) is 5.41. The lowest BCUT2D eigenvalue weighted by atomic mass is 9.88. The number of rotatable bonds is 4. The van der Waals surface area contributed by atoms with Gasteiger partial charge < -0.3 is 14.7 Å². The largest absolute Gasteiger partial charge is 0.393 e. The van der Waals surface area contributed by atoms with Crippen LogP contribution in [-0.2, 0) is 4.74 Å². The first kappa shape index (κ1) is 12.9. The second kappa shape index (κ2) is 5.48. The van der Waals surface area contributed by atoms with Crippen LogP contribution in [-0.4, -0.2) is 49.5 Å². The average Bonchev–Trinajstić information content (AvgIpc) is 2.94. The molecule has 2 saturated carbocycles. The highest BCUT2D eigenvalue weighted by Gasteiger charge is 2.39. The average molecular weight is 253 g/mol. The maximum Gasteiger partial charge on any atom is 0.0624 e. The molecular formula is C15H27NO2. The van der Waals surface area contributed by atoms with Crippen LogP contribution in [0.2, 0.25) is 0 Å². The van der Waals surface area contributed by atoms with E-state index in [1.807, 2.05) is 0 Å². The van der Waals surface area contributed by atoms with Gasteiger partial charge in [-0.1, -0.05) is 6.42 Å². The van der Waals surface area contributed by atoms with Crippen molar-refractivity contribution in [1.29, 1.82) is 0 Å². The molecule has 5 unspecified atom stereocenters. The first-order valence-electron chi connectivity index (χ1n) is 7.66. The van der Waals surface area contributed by atoms with Crippen molar-refractivity contribution in [3.8, 4) is 0 Å². The van der Waals surface area contributed by atoms with Crippen LogP contribution >= 0.6 is 0 Å². The summed E-state index contributed by atoms with van der Waals surface area (Å²) >= 11 is 0. The van der Waals surface area contributed by atoms with E-state index < -0.39 is 0 Å². The summed E-state index contributed by atoms with van der Waals surface area (Å²) in [6.45, 7) is 3.69. The van der Waals surface area contributed by atoms with Crippen LogP contribution in [0.25, 0.3) is 0 Å². The zero-order chi connectivity index (χ0) is 12.5. The molecule has 0 aromatic carbocycles. The first-order valence-corrected chi connectivity index (χ1v) is 7.66. The Balaban J connectivity index is 1.45. The molecule has 1 aliphatic heterocycles. The number of aliphatic hydroxyl groups excluding tert-OH is 1. The van der Waals surface area contributed by atoms with Crippen molar-refractivity contribution in [2.75, 3.05) is 33.4 Å². The fourth-order valence-corrected chi connectivity index (χ4v) is 4.44. The summed E-state index contributed by atoms with van der Waals surface area (Å²) in [5.74, 6) is 3.29. The predicted octanol–water partition coefficient (Wildman–Crippen LogP) is 1.75. The maximum atomic E-state index is 9.98. The normalized spacial score (nSPS) is 43.8. The predicted molar refractivity (Wildman–Crippen MR) is 71.4 cm³/mol. The van der Waals surface area contributed by atoms with Crippen LogP contribution in [0.3, 0.4) is 0 Å². The standard InChI is InChI=1S/C15H27NO2/c1-16(9-14-10-18-5-4-15(14)17)8-13-7-11-2-3-12(13)6-11/h11-15,17H,2-10H2,1H3. The van der Waals surface area contributed by atoms with Gasteiger partial charge in [-0.2, -0.15) is 0 Å². The second-order valence-corrected chi connectivity index (χ2v) is 6.85. The van der Waals surface area contributed by atoms with Gasteiger partial charge in [0.2, 0.25) is 0 Å². The second-order valence-electron chi connectivity index (χ2n) is 6.85. The summed E-state index contributed by atoms with van der Waals surface area (Å²) < 4.78 is 5.49. The van der Waals surface area contributed by atoms with Gasteiger partial charge >= 0.3 is 0 Å². The van der Waals surface area contributed by atoms with Gasteiger partial charge in [-0.05, 0) is 50.5 Å². The lowest BCUT2D eigenvalue weighted by Gasteiger charge is -2.33. The summed E-state index contributed by atoms with van der Waals surface area (Å²) in [6.07, 6.45) is 6.57. The molecule has 104 valence electrons. The fraction of sp³-hybridized carbons (Fsp3) is 1.00. The van der Waals surface area contributed by atoms with Gasteiger partial charge in [-0.15, -0.1) is 0 Å². The molecule has 0 aromatic heterocycles. The van der Waals surface area contributed by atoms with E-state index in [0.29, 0.717) is 5.92 Å². The van der Waals surface area contributed by atoms with Gasteiger partial charge in [0.15, 0.2) is 0 Å². The number of nitrogens with zero attached hydrogens (tertiary/aromatic N) is 1. The molecule has 1 saturated heterocycles. The zero-order valence-corrected chi connectivity index (χ0v) is 11.6. The van der Waals surface area contributed by atoms with E-state index in [9.17, 15) is 5.11 Å². The summed E-state index contributed by atoms with van der Waals surface area (Å²) in [5, 5.41) is 9.98. The van der Waals surface area contributed by atoms with Gasteiger partial charge in [0.25, 0.3) is 0 Å². The zero-order valence-electron chi connectivity index (χ0n) is 11.6. The third-order valence-electron chi connectivity index (χ3n) is 5.41. The van der Waals surface area contributed by atoms with E-state index in [1.165, 1.54) is 32.2 Å². The third kappa shape index (κ3) is 2.73. The van der Waals surface area contributed by atoms with Gasteiger partial charge in [0.05, 0.1) is 12.7 Å². The van der Waals surface area contributed by atoms with Crippen LogP contribution in [0.5, 0.6) is 0 Å². The van der Waals surface area contributed by atoms with Crippen LogP contribution in [0.15, 0.2) is 0 Å². The Labute approximate surface area is 110 Å². The molecule has 3 nitrogen and oxygen atoms in total. The van der Waals surface area contributed by atoms with Crippen molar-refractivity contribution >= 4 is 0 Å². The number of ether oxygens (including phenoxy) is 1. The summed E-state index contributed by atoms with van der Waals surface area (Å²) in [7, 11) is 2.22. The molecule has 2 aliphatic carbocycles. The van der Waals surface area contributed by atoms with E-state index >= 15 is 0 Å². The minimum absolute atomic E-state index is 0.152. The summed E-state index contributed by atoms with van der Waals surface area (Å²) in [5.41, 5.74) is 0. The van der Waals surface area contributed by atoms with Gasteiger partial charge in [0, 0.05) is 25.6 Å². The minimum Gasteiger partial charge on any atom is -0.393 e. The van der Waals surface area contributed by atoms with Crippen LogP contribution < -0.4 is 0 Å². The van der Waals surface area contributed by atoms with E-state index in [2.05, 4.69) is 11.9 Å². The SMILES string of the molecule is CN(CC1COCCC1O)CC1CC2CCC1C2. The Bertz CT molecular complexity index is 280. The molecule has 0 aromatic rings. The smallest absolute Gasteiger partial charge is 0.0624 e. The van der Waals surface area contributed by atoms with Crippen LogP contribution in [0.1, 0.15) is 32.1 Å². The molecule has 0 amide bonds. The van der Waals surface area contributed by atoms with Crippen molar-refractivity contribution in [1.82, 2.24) is 4.90 Å². The summed E-state index contributed by atoms with van der Waals surface area (Å²) in [6, 6.07) is 0. The molecule has 5 atom stereocenters. The monoisotopic (exact) mass is 253 g/mol. The number of fused-ring (bicyclic) bond motifs is 2. The van der Waals surface area contributed by atoms with Crippen LogP contribution in [0, 0.1) is 23.7 Å². The lowest BCUT2D eigenvalue weighted by Crippen LogP contribution is -2.41. The van der Waals surface area contributed by atoms with Gasteiger partial charge in [-0.25, -0.2) is 0 Å². The number of aliphatic hydroxyl groups is 1. The molecule has 3 fully saturated rings. The molecule has 1 N–H and O–H groups in total. The quantitative estimate of drug-likeness (QED) is 0.828. The van der Waals surface area contributed by atoms with E-state index in [0.717, 1.165) is 43.9 Å². The van der Waals surface area contributed by atoms with Crippen molar-refractivity contribution in [3.63, 3.8) is 0 Å². The van der Waals surface area contributed by atoms with Gasteiger partial charge in [0.1, 0.15) is 0 Å². The maximum absolute atomic E-state index is 9.98. The Morgan fingerprint density at radius 1 is 1.11 bits per heavy atom. The van der Waals surface area contributed by atoms with Gasteiger partial charge in [-0.3, -0.25) is 0 Å². The van der Waals surface area contributed by atoms with Crippen molar-refractivity contribution in [2.45, 2.75) is 38.2 Å². The van der Waals surface area contributed by atoms with E-state index in [4.69, 9.17) is 4.74 Å². The molecule has 3 aliphatic rings. The molecule has 0 spiro atoms. The Morgan fingerprint density at radius 2 is 1.94 bits per heavy atom. The van der Waals surface area contributed by atoms with Crippen molar-refractivity contribution < 1.29 is 9.84 Å². The molecule has 18 heavy (non-hydrogen) atoms. The highest BCUT2D eigenvalue weighted by Crippen LogP contribution is 2.48.